The van der Waals surface area contributed by atoms with Gasteiger partial charge in [0.2, 0.25) is 0 Å². The first-order valence-corrected chi connectivity index (χ1v) is 11.0. The Labute approximate surface area is 178 Å². The molecule has 30 heavy (non-hydrogen) atoms. The summed E-state index contributed by atoms with van der Waals surface area (Å²) in [5, 5.41) is 48.8. The molecule has 0 aliphatic carbocycles. The van der Waals surface area contributed by atoms with E-state index >= 15 is 0 Å². The minimum Gasteiger partial charge on any atom is -0.393 e. The SMILES string of the molecule is CC(C)(CCc1nn[nH]n1)CCC(O)CCC(O)CCC(C)(C)CCc1nn[nH]n1. The lowest BCUT2D eigenvalue weighted by atomic mass is 9.81. The first-order valence-electron chi connectivity index (χ1n) is 11.0. The summed E-state index contributed by atoms with van der Waals surface area (Å²) in [6, 6.07) is 0. The molecule has 2 aromatic heterocycles. The third kappa shape index (κ3) is 9.71. The van der Waals surface area contributed by atoms with Crippen molar-refractivity contribution in [1.29, 1.82) is 0 Å². The van der Waals surface area contributed by atoms with E-state index in [1.165, 1.54) is 0 Å². The molecule has 4 N–H and O–H groups in total. The van der Waals surface area contributed by atoms with Crippen molar-refractivity contribution < 1.29 is 10.2 Å². The Morgan fingerprint density at radius 3 is 1.40 bits per heavy atom. The number of aryl methyl sites for hydroxylation is 2. The molecule has 0 fully saturated rings. The van der Waals surface area contributed by atoms with Crippen LogP contribution < -0.4 is 0 Å². The normalized spacial score (nSPS) is 14.7. The second-order valence-electron chi connectivity index (χ2n) is 9.95. The fourth-order valence-electron chi connectivity index (χ4n) is 3.52. The van der Waals surface area contributed by atoms with Crippen LogP contribution in [0.1, 0.15) is 90.7 Å². The fraction of sp³-hybridized carbons (Fsp3) is 0.900. The van der Waals surface area contributed by atoms with Gasteiger partial charge in [-0.3, -0.25) is 0 Å². The average Bonchev–Trinajstić information content (AvgIpc) is 3.40. The smallest absolute Gasteiger partial charge is 0.174 e. The van der Waals surface area contributed by atoms with E-state index < -0.39 is 0 Å². The van der Waals surface area contributed by atoms with Gasteiger partial charge in [0, 0.05) is 12.8 Å². The van der Waals surface area contributed by atoms with Gasteiger partial charge in [-0.25, -0.2) is 0 Å². The molecule has 0 aliphatic rings. The summed E-state index contributed by atoms with van der Waals surface area (Å²) in [5.41, 5.74) is 0.200. The molecular formula is C20H38N8O2. The van der Waals surface area contributed by atoms with Crippen molar-refractivity contribution >= 4 is 0 Å². The average molecular weight is 423 g/mol. The first kappa shape index (κ1) is 24.3. The number of nitrogens with one attached hydrogen (secondary N) is 2. The number of aromatic nitrogens is 8. The quantitative estimate of drug-likeness (QED) is 0.342. The lowest BCUT2D eigenvalue weighted by molar-refractivity contribution is 0.0866. The summed E-state index contributed by atoms with van der Waals surface area (Å²) < 4.78 is 0. The number of aromatic amines is 2. The van der Waals surface area contributed by atoms with Crippen LogP contribution in [0.2, 0.25) is 0 Å². The van der Waals surface area contributed by atoms with Crippen LogP contribution in [0.15, 0.2) is 0 Å². The van der Waals surface area contributed by atoms with Gasteiger partial charge in [-0.15, -0.1) is 20.4 Å². The van der Waals surface area contributed by atoms with E-state index in [0.717, 1.165) is 63.0 Å². The summed E-state index contributed by atoms with van der Waals surface area (Å²) in [6.45, 7) is 8.80. The zero-order valence-corrected chi connectivity index (χ0v) is 18.8. The Morgan fingerprint density at radius 2 is 1.07 bits per heavy atom. The Kier molecular flexibility index (Phi) is 9.29. The highest BCUT2D eigenvalue weighted by atomic mass is 16.3. The fourth-order valence-corrected chi connectivity index (χ4v) is 3.52. The highest BCUT2D eigenvalue weighted by Gasteiger charge is 2.22. The van der Waals surface area contributed by atoms with Gasteiger partial charge < -0.3 is 10.2 Å². The van der Waals surface area contributed by atoms with Gasteiger partial charge in [-0.1, -0.05) is 38.1 Å². The van der Waals surface area contributed by atoms with Gasteiger partial charge in [0.05, 0.1) is 12.2 Å². The molecule has 2 rings (SSSR count). The molecule has 0 amide bonds. The van der Waals surface area contributed by atoms with Crippen LogP contribution in [0.4, 0.5) is 0 Å². The van der Waals surface area contributed by atoms with E-state index in [9.17, 15) is 10.2 Å². The van der Waals surface area contributed by atoms with Gasteiger partial charge in [-0.05, 0) is 62.2 Å². The van der Waals surface area contributed by atoms with E-state index in [2.05, 4.69) is 68.9 Å². The highest BCUT2D eigenvalue weighted by Crippen LogP contribution is 2.31. The van der Waals surface area contributed by atoms with Crippen molar-refractivity contribution in [2.24, 2.45) is 10.8 Å². The molecule has 0 saturated carbocycles. The monoisotopic (exact) mass is 422 g/mol. The number of rotatable bonds is 15. The van der Waals surface area contributed by atoms with Crippen LogP contribution in [0.3, 0.4) is 0 Å². The molecule has 0 saturated heterocycles. The van der Waals surface area contributed by atoms with E-state index in [1.807, 2.05) is 0 Å². The van der Waals surface area contributed by atoms with Gasteiger partial charge in [0.15, 0.2) is 11.6 Å². The lowest BCUT2D eigenvalue weighted by Gasteiger charge is -2.26. The van der Waals surface area contributed by atoms with Crippen LogP contribution in [0.25, 0.3) is 0 Å². The van der Waals surface area contributed by atoms with E-state index in [1.54, 1.807) is 0 Å². The number of aliphatic hydroxyl groups excluding tert-OH is 2. The molecule has 2 aromatic rings. The van der Waals surface area contributed by atoms with E-state index in [0.29, 0.717) is 12.8 Å². The number of nitrogens with zero attached hydrogens (tertiary/aromatic N) is 6. The van der Waals surface area contributed by atoms with Crippen molar-refractivity contribution in [1.82, 2.24) is 41.2 Å². The third-order valence-electron chi connectivity index (χ3n) is 5.97. The summed E-state index contributed by atoms with van der Waals surface area (Å²) >= 11 is 0. The summed E-state index contributed by atoms with van der Waals surface area (Å²) in [7, 11) is 0. The maximum Gasteiger partial charge on any atom is 0.174 e. The third-order valence-corrected chi connectivity index (χ3v) is 5.97. The van der Waals surface area contributed by atoms with Crippen LogP contribution in [-0.4, -0.2) is 63.7 Å². The summed E-state index contributed by atoms with van der Waals surface area (Å²) in [4.78, 5) is 0. The maximum atomic E-state index is 10.4. The Hall–Kier alpha value is -1.94. The van der Waals surface area contributed by atoms with E-state index in [-0.39, 0.29) is 23.0 Å². The molecule has 0 spiro atoms. The van der Waals surface area contributed by atoms with Gasteiger partial charge in [-0.2, -0.15) is 10.4 Å². The number of tetrazole rings is 2. The van der Waals surface area contributed by atoms with Gasteiger partial charge >= 0.3 is 0 Å². The van der Waals surface area contributed by atoms with Crippen LogP contribution in [-0.2, 0) is 12.8 Å². The topological polar surface area (TPSA) is 149 Å². The van der Waals surface area contributed by atoms with Gasteiger partial charge in [0.25, 0.3) is 0 Å². The minimum atomic E-state index is -0.379. The molecule has 0 bridgehead atoms. The number of aliphatic hydroxyl groups is 2. The largest absolute Gasteiger partial charge is 0.393 e. The van der Waals surface area contributed by atoms with Crippen LogP contribution >= 0.6 is 0 Å². The summed E-state index contributed by atoms with van der Waals surface area (Å²) in [6.07, 6.45) is 7.27. The van der Waals surface area contributed by atoms with E-state index in [4.69, 9.17) is 0 Å². The van der Waals surface area contributed by atoms with Crippen molar-refractivity contribution in [2.45, 2.75) is 104 Å². The molecular weight excluding hydrogens is 384 g/mol. The molecule has 0 aromatic carbocycles. The Morgan fingerprint density at radius 1 is 0.667 bits per heavy atom. The Balaban J connectivity index is 1.58. The van der Waals surface area contributed by atoms with Crippen LogP contribution in [0.5, 0.6) is 0 Å². The second kappa shape index (κ2) is 11.5. The second-order valence-corrected chi connectivity index (χ2v) is 9.95. The lowest BCUT2D eigenvalue weighted by Crippen LogP contribution is -2.20. The van der Waals surface area contributed by atoms with Crippen LogP contribution in [0, 0.1) is 10.8 Å². The number of H-pyrrole nitrogens is 2. The standard InChI is InChI=1S/C20H38N8O2/c1-19(2,13-9-17-21-25-26-22-17)11-7-15(29)5-6-16(30)8-12-20(3,4)14-10-18-23-27-28-24-18/h15-16,29-30H,5-14H2,1-4H3,(H,21,22,25,26)(H,23,24,27,28). The van der Waals surface area contributed by atoms with Crippen molar-refractivity contribution in [3.63, 3.8) is 0 Å². The van der Waals surface area contributed by atoms with Gasteiger partial charge in [0.1, 0.15) is 0 Å². The molecule has 10 heteroatoms. The molecule has 2 atom stereocenters. The molecule has 10 nitrogen and oxygen atoms in total. The number of hydrogen-bond acceptors (Lipinski definition) is 8. The maximum absolute atomic E-state index is 10.4. The predicted octanol–water partition coefficient (Wildman–Crippen LogP) is 2.39. The molecule has 0 radical (unpaired) electrons. The number of hydrogen-bond donors (Lipinski definition) is 4. The molecule has 2 unspecified atom stereocenters. The van der Waals surface area contributed by atoms with Crippen molar-refractivity contribution in [2.75, 3.05) is 0 Å². The van der Waals surface area contributed by atoms with Crippen molar-refractivity contribution in [3.05, 3.63) is 11.6 Å². The Bertz CT molecular complexity index is 627. The van der Waals surface area contributed by atoms with Crippen molar-refractivity contribution in [3.8, 4) is 0 Å². The highest BCUT2D eigenvalue weighted by molar-refractivity contribution is 4.82. The first-order chi connectivity index (χ1) is 14.2. The molecule has 2 heterocycles. The molecule has 0 aliphatic heterocycles. The zero-order valence-electron chi connectivity index (χ0n) is 18.8. The summed E-state index contributed by atoms with van der Waals surface area (Å²) in [5.74, 6) is 1.46. The predicted molar refractivity (Wildman–Crippen MR) is 112 cm³/mol. The molecule has 170 valence electrons. The minimum absolute atomic E-state index is 0.100. The zero-order chi connectivity index (χ0) is 22.0.